The second-order valence-electron chi connectivity index (χ2n) is 6.07. The second kappa shape index (κ2) is 6.33. The quantitative estimate of drug-likeness (QED) is 0.650. The molecule has 2 N–H and O–H groups in total. The maximum atomic E-state index is 12.9. The van der Waals surface area contributed by atoms with E-state index >= 15 is 0 Å². The molecule has 0 unspecified atom stereocenters. The van der Waals surface area contributed by atoms with E-state index in [1.165, 1.54) is 12.1 Å². The average Bonchev–Trinajstić information content (AvgIpc) is 2.71. The SMILES string of the molecule is CC(C)(C)OC(=O)NN[C@H]1CC(=O)N(c2ccc(F)cc2)C1=O. The zero-order valence-electron chi connectivity index (χ0n) is 13.1. The Morgan fingerprint density at radius 2 is 1.87 bits per heavy atom. The summed E-state index contributed by atoms with van der Waals surface area (Å²) in [5.41, 5.74) is 4.33. The van der Waals surface area contributed by atoms with Gasteiger partial charge in [0.05, 0.1) is 12.1 Å². The number of hydrazine groups is 1. The zero-order chi connectivity index (χ0) is 17.2. The maximum Gasteiger partial charge on any atom is 0.422 e. The van der Waals surface area contributed by atoms with Gasteiger partial charge >= 0.3 is 6.09 Å². The summed E-state index contributed by atoms with van der Waals surface area (Å²) in [4.78, 5) is 36.7. The molecule has 1 aromatic rings. The molecule has 1 aliphatic rings. The number of carbonyl (C=O) groups is 3. The van der Waals surface area contributed by atoms with Crippen molar-refractivity contribution in [2.24, 2.45) is 0 Å². The lowest BCUT2D eigenvalue weighted by Crippen LogP contribution is -2.49. The highest BCUT2D eigenvalue weighted by molar-refractivity contribution is 6.22. The van der Waals surface area contributed by atoms with E-state index in [1.807, 2.05) is 0 Å². The van der Waals surface area contributed by atoms with Gasteiger partial charge in [0.25, 0.3) is 5.91 Å². The minimum Gasteiger partial charge on any atom is -0.443 e. The first-order valence-corrected chi connectivity index (χ1v) is 7.04. The molecule has 1 saturated heterocycles. The summed E-state index contributed by atoms with van der Waals surface area (Å²) in [6.45, 7) is 5.10. The fourth-order valence-corrected chi connectivity index (χ4v) is 2.06. The summed E-state index contributed by atoms with van der Waals surface area (Å²) in [5, 5.41) is 0. The van der Waals surface area contributed by atoms with Crippen molar-refractivity contribution in [2.75, 3.05) is 4.90 Å². The van der Waals surface area contributed by atoms with Crippen molar-refractivity contribution in [3.05, 3.63) is 30.1 Å². The van der Waals surface area contributed by atoms with Gasteiger partial charge in [0.15, 0.2) is 0 Å². The molecular formula is C15H18FN3O4. The van der Waals surface area contributed by atoms with Crippen LogP contribution in [0.15, 0.2) is 24.3 Å². The number of imide groups is 1. The Morgan fingerprint density at radius 1 is 1.26 bits per heavy atom. The van der Waals surface area contributed by atoms with Gasteiger partial charge in [-0.25, -0.2) is 19.5 Å². The number of hydrogen-bond acceptors (Lipinski definition) is 5. The van der Waals surface area contributed by atoms with E-state index in [9.17, 15) is 18.8 Å². The molecule has 1 atom stereocenters. The molecule has 0 saturated carbocycles. The monoisotopic (exact) mass is 323 g/mol. The highest BCUT2D eigenvalue weighted by Gasteiger charge is 2.39. The van der Waals surface area contributed by atoms with E-state index in [4.69, 9.17) is 4.74 Å². The predicted octanol–water partition coefficient (Wildman–Crippen LogP) is 1.49. The Kier molecular flexibility index (Phi) is 4.65. The maximum absolute atomic E-state index is 12.9. The molecule has 3 amide bonds. The van der Waals surface area contributed by atoms with Crippen LogP contribution in [0.25, 0.3) is 0 Å². The number of ether oxygens (including phenoxy) is 1. The van der Waals surface area contributed by atoms with Gasteiger partial charge in [0.1, 0.15) is 17.5 Å². The Hall–Kier alpha value is -2.48. The first-order valence-electron chi connectivity index (χ1n) is 7.04. The van der Waals surface area contributed by atoms with Crippen LogP contribution in [0, 0.1) is 5.82 Å². The summed E-state index contributed by atoms with van der Waals surface area (Å²) >= 11 is 0. The van der Waals surface area contributed by atoms with E-state index in [1.54, 1.807) is 20.8 Å². The molecule has 7 nitrogen and oxygen atoms in total. The number of benzene rings is 1. The third-order valence-electron chi connectivity index (χ3n) is 2.98. The minimum absolute atomic E-state index is 0.119. The summed E-state index contributed by atoms with van der Waals surface area (Å²) in [7, 11) is 0. The second-order valence-corrected chi connectivity index (χ2v) is 6.07. The zero-order valence-corrected chi connectivity index (χ0v) is 13.1. The van der Waals surface area contributed by atoms with Gasteiger partial charge in [0, 0.05) is 0 Å². The largest absolute Gasteiger partial charge is 0.443 e. The van der Waals surface area contributed by atoms with E-state index < -0.39 is 35.4 Å². The standard InChI is InChI=1S/C15H18FN3O4/c1-15(2,3)23-14(22)18-17-11-8-12(20)19(13(11)21)10-6-4-9(16)5-7-10/h4-7,11,17H,8H2,1-3H3,(H,18,22)/t11-/m0/s1. The molecular weight excluding hydrogens is 305 g/mol. The van der Waals surface area contributed by atoms with Crippen molar-refractivity contribution < 1.29 is 23.5 Å². The number of amides is 3. The first-order chi connectivity index (χ1) is 10.7. The van der Waals surface area contributed by atoms with Crippen LogP contribution in [-0.2, 0) is 14.3 Å². The van der Waals surface area contributed by atoms with E-state index in [0.717, 1.165) is 17.0 Å². The molecule has 2 rings (SSSR count). The van der Waals surface area contributed by atoms with Crippen LogP contribution in [-0.4, -0.2) is 29.6 Å². The van der Waals surface area contributed by atoms with Crippen LogP contribution in [0.5, 0.6) is 0 Å². The summed E-state index contributed by atoms with van der Waals surface area (Å²) in [5.74, 6) is -1.43. The summed E-state index contributed by atoms with van der Waals surface area (Å²) in [6, 6.07) is 4.11. The predicted molar refractivity (Wildman–Crippen MR) is 79.8 cm³/mol. The van der Waals surface area contributed by atoms with Gasteiger partial charge in [-0.05, 0) is 45.0 Å². The van der Waals surface area contributed by atoms with Gasteiger partial charge in [0.2, 0.25) is 5.91 Å². The van der Waals surface area contributed by atoms with Gasteiger partial charge in [-0.15, -0.1) is 0 Å². The molecule has 1 fully saturated rings. The number of nitrogens with zero attached hydrogens (tertiary/aromatic N) is 1. The normalized spacial score (nSPS) is 18.3. The fourth-order valence-electron chi connectivity index (χ4n) is 2.06. The third kappa shape index (κ3) is 4.26. The van der Waals surface area contributed by atoms with Crippen molar-refractivity contribution in [1.29, 1.82) is 0 Å². The average molecular weight is 323 g/mol. The summed E-state index contributed by atoms with van der Waals surface area (Å²) in [6.07, 6.45) is -0.871. The summed E-state index contributed by atoms with van der Waals surface area (Å²) < 4.78 is 17.9. The Labute approximate surface area is 132 Å². The fraction of sp³-hybridized carbons (Fsp3) is 0.400. The Balaban J connectivity index is 1.98. The van der Waals surface area contributed by atoms with Crippen molar-refractivity contribution in [1.82, 2.24) is 10.9 Å². The molecule has 1 heterocycles. The number of rotatable bonds is 3. The molecule has 0 radical (unpaired) electrons. The first kappa shape index (κ1) is 16.9. The van der Waals surface area contributed by atoms with Crippen LogP contribution in [0.2, 0.25) is 0 Å². The van der Waals surface area contributed by atoms with E-state index in [-0.39, 0.29) is 12.1 Å². The highest BCUT2D eigenvalue weighted by atomic mass is 19.1. The smallest absolute Gasteiger partial charge is 0.422 e. The molecule has 1 aliphatic heterocycles. The number of nitrogens with one attached hydrogen (secondary N) is 2. The van der Waals surface area contributed by atoms with Crippen LogP contribution < -0.4 is 15.8 Å². The third-order valence-corrected chi connectivity index (χ3v) is 2.98. The lowest BCUT2D eigenvalue weighted by molar-refractivity contribution is -0.121. The van der Waals surface area contributed by atoms with Crippen LogP contribution >= 0.6 is 0 Å². The number of anilines is 1. The van der Waals surface area contributed by atoms with Crippen molar-refractivity contribution in [3.8, 4) is 0 Å². The van der Waals surface area contributed by atoms with E-state index in [0.29, 0.717) is 0 Å². The number of hydrogen-bond donors (Lipinski definition) is 2. The minimum atomic E-state index is -0.903. The van der Waals surface area contributed by atoms with E-state index in [2.05, 4.69) is 10.9 Å². The van der Waals surface area contributed by atoms with Crippen LogP contribution in [0.4, 0.5) is 14.9 Å². The molecule has 0 aromatic heterocycles. The van der Waals surface area contributed by atoms with Crippen molar-refractivity contribution >= 4 is 23.6 Å². The molecule has 23 heavy (non-hydrogen) atoms. The van der Waals surface area contributed by atoms with Gasteiger partial charge in [-0.2, -0.15) is 0 Å². The molecule has 8 heteroatoms. The topological polar surface area (TPSA) is 87.7 Å². The van der Waals surface area contributed by atoms with Crippen LogP contribution in [0.3, 0.4) is 0 Å². The molecule has 0 bridgehead atoms. The van der Waals surface area contributed by atoms with Crippen molar-refractivity contribution in [3.63, 3.8) is 0 Å². The molecule has 0 spiro atoms. The van der Waals surface area contributed by atoms with Crippen LogP contribution in [0.1, 0.15) is 27.2 Å². The number of halogens is 1. The number of carbonyl (C=O) groups excluding carboxylic acids is 3. The van der Waals surface area contributed by atoms with Crippen molar-refractivity contribution in [2.45, 2.75) is 38.8 Å². The van der Waals surface area contributed by atoms with Gasteiger partial charge in [-0.3, -0.25) is 15.0 Å². The Morgan fingerprint density at radius 3 is 2.43 bits per heavy atom. The Bertz CT molecular complexity index is 625. The van der Waals surface area contributed by atoms with Gasteiger partial charge in [-0.1, -0.05) is 0 Å². The molecule has 0 aliphatic carbocycles. The lowest BCUT2D eigenvalue weighted by atomic mass is 10.2. The molecule has 1 aromatic carbocycles. The highest BCUT2D eigenvalue weighted by Crippen LogP contribution is 2.22. The van der Waals surface area contributed by atoms with Gasteiger partial charge < -0.3 is 4.74 Å². The lowest BCUT2D eigenvalue weighted by Gasteiger charge is -2.21. The molecule has 124 valence electrons.